The van der Waals surface area contributed by atoms with E-state index in [0.29, 0.717) is 24.5 Å². The Morgan fingerprint density at radius 1 is 1.03 bits per heavy atom. The predicted octanol–water partition coefficient (Wildman–Crippen LogP) is 2.88. The molecule has 2 rings (SSSR count). The minimum atomic E-state index is -3.65. The van der Waals surface area contributed by atoms with Crippen LogP contribution in [-0.4, -0.2) is 63.9 Å². The number of sulfonamides is 1. The highest BCUT2D eigenvalue weighted by molar-refractivity contribution is 7.89. The molecule has 0 aromatic heterocycles. The van der Waals surface area contributed by atoms with Gasteiger partial charge in [-0.25, -0.2) is 8.42 Å². The third-order valence-corrected chi connectivity index (χ3v) is 6.62. The Bertz CT molecular complexity index is 926. The molecular weight excluding hydrogens is 392 g/mol. The van der Waals surface area contributed by atoms with Crippen molar-refractivity contribution in [1.82, 2.24) is 9.21 Å². The Kier molecular flexibility index (Phi) is 7.64. The molecule has 0 fully saturated rings. The number of hydrogen-bond donors (Lipinski definition) is 0. The fourth-order valence-electron chi connectivity index (χ4n) is 2.53. The van der Waals surface area contributed by atoms with Gasteiger partial charge in [0.15, 0.2) is 0 Å². The van der Waals surface area contributed by atoms with Crippen LogP contribution in [0.25, 0.3) is 0 Å². The number of carbonyl (C=O) groups is 1. The van der Waals surface area contributed by atoms with E-state index in [4.69, 9.17) is 9.47 Å². The molecule has 0 bridgehead atoms. The van der Waals surface area contributed by atoms with Gasteiger partial charge in [-0.1, -0.05) is 6.07 Å². The number of hydrogen-bond acceptors (Lipinski definition) is 5. The smallest absolute Gasteiger partial charge is 0.253 e. The standard InChI is InChI=1S/C21H28N2O5S/c1-16(2)23(4)29(25,26)20-8-6-7-17(15-20)21(24)22(3)13-14-28-19-11-9-18(27-5)10-12-19/h6-12,15-16H,13-14H2,1-5H3. The van der Waals surface area contributed by atoms with Crippen molar-refractivity contribution in [2.75, 3.05) is 34.4 Å². The zero-order chi connectivity index (χ0) is 21.6. The van der Waals surface area contributed by atoms with E-state index in [1.807, 2.05) is 0 Å². The van der Waals surface area contributed by atoms with Crippen molar-refractivity contribution in [2.24, 2.45) is 0 Å². The molecule has 0 unspecified atom stereocenters. The molecule has 0 atom stereocenters. The Hall–Kier alpha value is -2.58. The van der Waals surface area contributed by atoms with Crippen LogP contribution in [0.3, 0.4) is 0 Å². The lowest BCUT2D eigenvalue weighted by atomic mass is 10.2. The van der Waals surface area contributed by atoms with Crippen LogP contribution in [0.4, 0.5) is 0 Å². The van der Waals surface area contributed by atoms with E-state index in [-0.39, 0.29) is 16.8 Å². The van der Waals surface area contributed by atoms with Crippen molar-refractivity contribution >= 4 is 15.9 Å². The molecule has 8 heteroatoms. The Labute approximate surface area is 172 Å². The summed E-state index contributed by atoms with van der Waals surface area (Å²) in [6.45, 7) is 4.25. The maximum atomic E-state index is 12.7. The number of likely N-dealkylation sites (N-methyl/N-ethyl adjacent to an activating group) is 1. The second-order valence-electron chi connectivity index (χ2n) is 6.89. The zero-order valence-electron chi connectivity index (χ0n) is 17.5. The second-order valence-corrected chi connectivity index (χ2v) is 8.89. The monoisotopic (exact) mass is 420 g/mol. The molecule has 0 N–H and O–H groups in total. The van der Waals surface area contributed by atoms with Crippen LogP contribution in [0.2, 0.25) is 0 Å². The number of methoxy groups -OCH3 is 1. The van der Waals surface area contributed by atoms with Crippen LogP contribution in [0.15, 0.2) is 53.4 Å². The number of benzene rings is 2. The molecule has 0 spiro atoms. The highest BCUT2D eigenvalue weighted by Gasteiger charge is 2.24. The molecule has 0 aliphatic heterocycles. The molecule has 0 radical (unpaired) electrons. The number of carbonyl (C=O) groups excluding carboxylic acids is 1. The number of amides is 1. The van der Waals surface area contributed by atoms with Gasteiger partial charge in [-0.2, -0.15) is 4.31 Å². The van der Waals surface area contributed by atoms with Gasteiger partial charge in [-0.3, -0.25) is 4.79 Å². The van der Waals surface area contributed by atoms with E-state index < -0.39 is 10.0 Å². The lowest BCUT2D eigenvalue weighted by molar-refractivity contribution is 0.0773. The summed E-state index contributed by atoms with van der Waals surface area (Å²) in [7, 11) is 1.12. The predicted molar refractivity (Wildman–Crippen MR) is 112 cm³/mol. The molecule has 0 saturated heterocycles. The first-order valence-corrected chi connectivity index (χ1v) is 10.7. The average Bonchev–Trinajstić information content (AvgIpc) is 2.72. The average molecular weight is 421 g/mol. The normalized spacial score (nSPS) is 11.6. The topological polar surface area (TPSA) is 76.1 Å². The van der Waals surface area contributed by atoms with Gasteiger partial charge in [0.2, 0.25) is 10.0 Å². The van der Waals surface area contributed by atoms with E-state index >= 15 is 0 Å². The number of nitrogens with zero attached hydrogens (tertiary/aromatic N) is 2. The van der Waals surface area contributed by atoms with Gasteiger partial charge in [-0.05, 0) is 56.3 Å². The Morgan fingerprint density at radius 3 is 2.24 bits per heavy atom. The summed E-state index contributed by atoms with van der Waals surface area (Å²) in [5.41, 5.74) is 0.315. The SMILES string of the molecule is COc1ccc(OCCN(C)C(=O)c2cccc(S(=O)(=O)N(C)C(C)C)c2)cc1. The van der Waals surface area contributed by atoms with Crippen LogP contribution in [0, 0.1) is 0 Å². The molecule has 0 saturated carbocycles. The van der Waals surface area contributed by atoms with Gasteiger partial charge in [0.05, 0.1) is 18.6 Å². The fourth-order valence-corrected chi connectivity index (χ4v) is 3.94. The van der Waals surface area contributed by atoms with Crippen molar-refractivity contribution in [3.8, 4) is 11.5 Å². The first-order chi connectivity index (χ1) is 13.7. The van der Waals surface area contributed by atoms with Crippen LogP contribution in [0.1, 0.15) is 24.2 Å². The Morgan fingerprint density at radius 2 is 1.66 bits per heavy atom. The van der Waals surface area contributed by atoms with E-state index in [1.165, 1.54) is 28.4 Å². The largest absolute Gasteiger partial charge is 0.497 e. The first-order valence-electron chi connectivity index (χ1n) is 9.27. The summed E-state index contributed by atoms with van der Waals surface area (Å²) in [4.78, 5) is 14.3. The minimum Gasteiger partial charge on any atom is -0.497 e. The first kappa shape index (κ1) is 22.7. The Balaban J connectivity index is 2.02. The lowest BCUT2D eigenvalue weighted by Crippen LogP contribution is -2.33. The third-order valence-electron chi connectivity index (χ3n) is 4.59. The van der Waals surface area contributed by atoms with Crippen LogP contribution < -0.4 is 9.47 Å². The molecule has 29 heavy (non-hydrogen) atoms. The van der Waals surface area contributed by atoms with E-state index in [0.717, 1.165) is 5.75 Å². The quantitative estimate of drug-likeness (QED) is 0.624. The molecule has 7 nitrogen and oxygen atoms in total. The maximum Gasteiger partial charge on any atom is 0.253 e. The van der Waals surface area contributed by atoms with Gasteiger partial charge < -0.3 is 14.4 Å². The minimum absolute atomic E-state index is 0.0995. The zero-order valence-corrected chi connectivity index (χ0v) is 18.3. The van der Waals surface area contributed by atoms with Gasteiger partial charge in [0.25, 0.3) is 5.91 Å². The number of ether oxygens (including phenoxy) is 2. The summed E-state index contributed by atoms with van der Waals surface area (Å²) in [6.07, 6.45) is 0. The van der Waals surface area contributed by atoms with Crippen molar-refractivity contribution < 1.29 is 22.7 Å². The van der Waals surface area contributed by atoms with Crippen LogP contribution >= 0.6 is 0 Å². The van der Waals surface area contributed by atoms with E-state index in [9.17, 15) is 13.2 Å². The summed E-state index contributed by atoms with van der Waals surface area (Å²) in [6, 6.07) is 13.1. The third kappa shape index (κ3) is 5.71. The second kappa shape index (κ2) is 9.76. The molecule has 158 valence electrons. The highest BCUT2D eigenvalue weighted by atomic mass is 32.2. The highest BCUT2D eigenvalue weighted by Crippen LogP contribution is 2.19. The summed E-state index contributed by atoms with van der Waals surface area (Å²) in [5.74, 6) is 1.15. The van der Waals surface area contributed by atoms with Gasteiger partial charge in [0, 0.05) is 25.7 Å². The molecule has 0 aliphatic carbocycles. The summed E-state index contributed by atoms with van der Waals surface area (Å²) >= 11 is 0. The molecule has 2 aromatic rings. The molecular formula is C21H28N2O5S. The van der Waals surface area contributed by atoms with E-state index in [1.54, 1.807) is 64.4 Å². The maximum absolute atomic E-state index is 12.7. The molecule has 0 aliphatic rings. The fraction of sp³-hybridized carbons (Fsp3) is 0.381. The lowest BCUT2D eigenvalue weighted by Gasteiger charge is -2.22. The van der Waals surface area contributed by atoms with Crippen molar-refractivity contribution in [3.63, 3.8) is 0 Å². The summed E-state index contributed by atoms with van der Waals surface area (Å²) < 4.78 is 37.4. The van der Waals surface area contributed by atoms with Gasteiger partial charge in [0.1, 0.15) is 18.1 Å². The number of rotatable bonds is 9. The van der Waals surface area contributed by atoms with Crippen LogP contribution in [-0.2, 0) is 10.0 Å². The van der Waals surface area contributed by atoms with Crippen molar-refractivity contribution in [2.45, 2.75) is 24.8 Å². The van der Waals surface area contributed by atoms with Gasteiger partial charge >= 0.3 is 0 Å². The van der Waals surface area contributed by atoms with E-state index in [2.05, 4.69) is 0 Å². The molecule has 2 aromatic carbocycles. The van der Waals surface area contributed by atoms with Crippen molar-refractivity contribution in [3.05, 3.63) is 54.1 Å². The molecule has 0 heterocycles. The molecule has 1 amide bonds. The van der Waals surface area contributed by atoms with Gasteiger partial charge in [-0.15, -0.1) is 0 Å². The van der Waals surface area contributed by atoms with Crippen LogP contribution in [0.5, 0.6) is 11.5 Å². The van der Waals surface area contributed by atoms with Crippen molar-refractivity contribution in [1.29, 1.82) is 0 Å². The summed E-state index contributed by atoms with van der Waals surface area (Å²) in [5, 5.41) is 0.